The molecule has 0 aliphatic carbocycles. The summed E-state index contributed by atoms with van der Waals surface area (Å²) < 4.78 is 40.8. The first-order valence-corrected chi connectivity index (χ1v) is 6.52. The minimum absolute atomic E-state index is 0.0192. The number of rotatable bonds is 4. The van der Waals surface area contributed by atoms with Gasteiger partial charge >= 0.3 is 18.1 Å². The van der Waals surface area contributed by atoms with Crippen molar-refractivity contribution in [1.82, 2.24) is 20.4 Å². The third-order valence-corrected chi connectivity index (χ3v) is 3.20. The van der Waals surface area contributed by atoms with E-state index in [1.54, 1.807) is 0 Å². The van der Waals surface area contributed by atoms with Gasteiger partial charge in [0.25, 0.3) is 0 Å². The molecule has 1 saturated heterocycles. The van der Waals surface area contributed by atoms with Crippen molar-refractivity contribution >= 4 is 11.9 Å². The van der Waals surface area contributed by atoms with Gasteiger partial charge < -0.3 is 20.5 Å². The van der Waals surface area contributed by atoms with Crippen LogP contribution >= 0.6 is 0 Å². The number of carbonyl (C=O) groups excluding carboxylic acids is 2. The summed E-state index contributed by atoms with van der Waals surface area (Å²) in [6.45, 7) is 0.436. The molecule has 11 heteroatoms. The second kappa shape index (κ2) is 6.20. The fourth-order valence-corrected chi connectivity index (χ4v) is 2.19. The molecule has 1 aliphatic rings. The third kappa shape index (κ3) is 3.65. The molecule has 0 spiro atoms. The van der Waals surface area contributed by atoms with Gasteiger partial charge in [0, 0.05) is 19.5 Å². The molecular weight excluding hydrogens is 307 g/mol. The maximum absolute atomic E-state index is 12.3. The summed E-state index contributed by atoms with van der Waals surface area (Å²) in [7, 11) is 0. The normalized spacial score (nSPS) is 18.5. The fraction of sp³-hybridized carbons (Fsp3) is 0.636. The number of hydrogen-bond acceptors (Lipinski definition) is 5. The van der Waals surface area contributed by atoms with Gasteiger partial charge in [0.05, 0.1) is 0 Å². The quantitative estimate of drug-likeness (QED) is 0.827. The van der Waals surface area contributed by atoms with Crippen molar-refractivity contribution in [2.75, 3.05) is 13.1 Å². The molecule has 1 atom stereocenters. The van der Waals surface area contributed by atoms with Crippen LogP contribution in [0.25, 0.3) is 0 Å². The van der Waals surface area contributed by atoms with Gasteiger partial charge in [0.15, 0.2) is 5.82 Å². The number of urea groups is 1. The van der Waals surface area contributed by atoms with Crippen LogP contribution in [-0.4, -0.2) is 46.1 Å². The molecule has 0 aromatic carbocycles. The molecule has 1 aromatic rings. The molecule has 2 heterocycles. The average Bonchev–Trinajstić information content (AvgIpc) is 3.06. The lowest BCUT2D eigenvalue weighted by molar-refractivity contribution is -0.159. The number of carbonyl (C=O) groups is 2. The number of likely N-dealkylation sites (tertiary alicyclic amines) is 1. The van der Waals surface area contributed by atoms with Gasteiger partial charge in [-0.15, -0.1) is 0 Å². The summed E-state index contributed by atoms with van der Waals surface area (Å²) in [5, 5.41) is 5.69. The minimum atomic E-state index is -4.69. The highest BCUT2D eigenvalue weighted by molar-refractivity contribution is 5.87. The highest BCUT2D eigenvalue weighted by Crippen LogP contribution is 2.27. The summed E-state index contributed by atoms with van der Waals surface area (Å²) in [5.41, 5.74) is 5.16. The Kier molecular flexibility index (Phi) is 4.52. The molecular formula is C11H14F3N5O3. The predicted octanol–water partition coefficient (Wildman–Crippen LogP) is 0.290. The highest BCUT2D eigenvalue weighted by Gasteiger charge is 2.38. The maximum atomic E-state index is 12.3. The largest absolute Gasteiger partial charge is 0.471 e. The highest BCUT2D eigenvalue weighted by atomic mass is 19.4. The van der Waals surface area contributed by atoms with Crippen LogP contribution in [0.1, 0.15) is 24.6 Å². The Bertz CT molecular complexity index is 559. The van der Waals surface area contributed by atoms with E-state index in [0.717, 1.165) is 0 Å². The first-order valence-electron chi connectivity index (χ1n) is 6.52. The molecule has 1 aromatic heterocycles. The molecule has 0 bridgehead atoms. The number of nitrogens with zero attached hydrogens (tertiary/aromatic N) is 3. The van der Waals surface area contributed by atoms with E-state index in [9.17, 15) is 22.8 Å². The summed E-state index contributed by atoms with van der Waals surface area (Å²) in [4.78, 5) is 27.5. The monoisotopic (exact) mass is 321 g/mol. The van der Waals surface area contributed by atoms with E-state index in [1.165, 1.54) is 4.90 Å². The molecule has 22 heavy (non-hydrogen) atoms. The molecule has 0 radical (unpaired) electrons. The average molecular weight is 321 g/mol. The molecule has 0 saturated carbocycles. The second-order valence-electron chi connectivity index (χ2n) is 4.74. The van der Waals surface area contributed by atoms with Crippen LogP contribution in [0, 0.1) is 0 Å². The van der Waals surface area contributed by atoms with Crippen LogP contribution < -0.4 is 11.1 Å². The van der Waals surface area contributed by atoms with Crippen molar-refractivity contribution in [3.05, 3.63) is 11.7 Å². The van der Waals surface area contributed by atoms with Crippen molar-refractivity contribution in [2.24, 2.45) is 5.73 Å². The SMILES string of the molecule is NC(=O)N1CCCC1C(=O)NCCc1noc(C(F)(F)F)n1. The van der Waals surface area contributed by atoms with Gasteiger partial charge in [-0.3, -0.25) is 4.79 Å². The lowest BCUT2D eigenvalue weighted by Crippen LogP contribution is -2.48. The second-order valence-corrected chi connectivity index (χ2v) is 4.74. The van der Waals surface area contributed by atoms with Gasteiger partial charge in [-0.05, 0) is 12.8 Å². The Labute approximate surface area is 122 Å². The van der Waals surface area contributed by atoms with Crippen molar-refractivity contribution in [3.63, 3.8) is 0 Å². The smallest absolute Gasteiger partial charge is 0.354 e. The predicted molar refractivity (Wildman–Crippen MR) is 65.3 cm³/mol. The van der Waals surface area contributed by atoms with Crippen LogP contribution in [-0.2, 0) is 17.4 Å². The van der Waals surface area contributed by atoms with E-state index in [2.05, 4.69) is 20.0 Å². The number of primary amides is 1. The lowest BCUT2D eigenvalue weighted by atomic mass is 10.2. The van der Waals surface area contributed by atoms with Crippen LogP contribution in [0.5, 0.6) is 0 Å². The minimum Gasteiger partial charge on any atom is -0.354 e. The van der Waals surface area contributed by atoms with Crippen molar-refractivity contribution in [2.45, 2.75) is 31.5 Å². The van der Waals surface area contributed by atoms with E-state index < -0.39 is 30.0 Å². The maximum Gasteiger partial charge on any atom is 0.471 e. The summed E-state index contributed by atoms with van der Waals surface area (Å²) in [6, 6.07) is -1.32. The van der Waals surface area contributed by atoms with Crippen molar-refractivity contribution < 1.29 is 27.3 Å². The number of amides is 3. The standard InChI is InChI=1S/C11H14F3N5O3/c12-11(13,14)9-17-7(18-22-9)3-4-16-8(20)6-2-1-5-19(6)10(15)21/h6H,1-5H2,(H2,15,21)(H,16,20). The van der Waals surface area contributed by atoms with E-state index in [0.29, 0.717) is 19.4 Å². The Morgan fingerprint density at radius 3 is 2.77 bits per heavy atom. The Balaban J connectivity index is 1.82. The molecule has 122 valence electrons. The van der Waals surface area contributed by atoms with E-state index in [4.69, 9.17) is 5.73 Å². The molecule has 1 unspecified atom stereocenters. The topological polar surface area (TPSA) is 114 Å². The molecule has 8 nitrogen and oxygen atoms in total. The molecule has 3 N–H and O–H groups in total. The number of nitrogens with two attached hydrogens (primary N) is 1. The zero-order chi connectivity index (χ0) is 16.3. The Morgan fingerprint density at radius 2 is 2.18 bits per heavy atom. The zero-order valence-corrected chi connectivity index (χ0v) is 11.4. The van der Waals surface area contributed by atoms with Crippen LogP contribution in [0.3, 0.4) is 0 Å². The first-order chi connectivity index (χ1) is 10.3. The van der Waals surface area contributed by atoms with Crippen LogP contribution in [0.2, 0.25) is 0 Å². The number of hydrogen-bond donors (Lipinski definition) is 2. The third-order valence-electron chi connectivity index (χ3n) is 3.20. The van der Waals surface area contributed by atoms with Crippen molar-refractivity contribution in [1.29, 1.82) is 0 Å². The number of alkyl halides is 3. The van der Waals surface area contributed by atoms with Crippen LogP contribution in [0.4, 0.5) is 18.0 Å². The zero-order valence-electron chi connectivity index (χ0n) is 11.4. The fourth-order valence-electron chi connectivity index (χ4n) is 2.19. The van der Waals surface area contributed by atoms with Gasteiger partial charge in [-0.25, -0.2) is 4.79 Å². The summed E-state index contributed by atoms with van der Waals surface area (Å²) in [6.07, 6.45) is -3.55. The van der Waals surface area contributed by atoms with Gasteiger partial charge in [0.1, 0.15) is 6.04 Å². The molecule has 1 aliphatic heterocycles. The number of aromatic nitrogens is 2. The summed E-state index contributed by atoms with van der Waals surface area (Å²) >= 11 is 0. The van der Waals surface area contributed by atoms with E-state index >= 15 is 0 Å². The summed E-state index contributed by atoms with van der Waals surface area (Å²) in [5.74, 6) is -1.99. The van der Waals surface area contributed by atoms with Crippen molar-refractivity contribution in [3.8, 4) is 0 Å². The van der Waals surface area contributed by atoms with Crippen LogP contribution in [0.15, 0.2) is 4.52 Å². The molecule has 3 amide bonds. The lowest BCUT2D eigenvalue weighted by Gasteiger charge is -2.21. The number of nitrogens with one attached hydrogen (secondary N) is 1. The molecule has 2 rings (SSSR count). The van der Waals surface area contributed by atoms with E-state index in [-0.39, 0.29) is 18.8 Å². The Hall–Kier alpha value is -2.33. The van der Waals surface area contributed by atoms with Gasteiger partial charge in [-0.1, -0.05) is 5.16 Å². The first kappa shape index (κ1) is 16.0. The number of halogens is 3. The van der Waals surface area contributed by atoms with E-state index in [1.807, 2.05) is 0 Å². The van der Waals surface area contributed by atoms with Gasteiger partial charge in [-0.2, -0.15) is 18.2 Å². The Morgan fingerprint density at radius 1 is 1.45 bits per heavy atom. The van der Waals surface area contributed by atoms with Gasteiger partial charge in [0.2, 0.25) is 5.91 Å². The molecule has 1 fully saturated rings.